The zero-order chi connectivity index (χ0) is 22.1. The molecule has 3 unspecified atom stereocenters. The van der Waals surface area contributed by atoms with E-state index >= 15 is 0 Å². The second-order valence-electron chi connectivity index (χ2n) is 6.55. The summed E-state index contributed by atoms with van der Waals surface area (Å²) >= 11 is 0. The molecule has 1 heterocycles. The summed E-state index contributed by atoms with van der Waals surface area (Å²) in [4.78, 5) is 35.8. The lowest BCUT2D eigenvalue weighted by Gasteiger charge is -2.33. The number of carbonyl (C=O) groups excluding carboxylic acids is 3. The molecule has 1 aliphatic rings. The van der Waals surface area contributed by atoms with E-state index in [2.05, 4.69) is 6.58 Å². The standard InChI is InChI=1S/C21H26O9/c1-5-8-27-20(23)16-9-14(12-25-3)6-7-17(16)29-19-11-15(28-13(2)22)10-18(30-19)21(24)26-4/h5-7,9,15,18-19H,1,8,10-12H2,2-4H3. The quantitative estimate of drug-likeness (QED) is 0.336. The van der Waals surface area contributed by atoms with Gasteiger partial charge in [-0.1, -0.05) is 18.7 Å². The molecular formula is C21H26O9. The van der Waals surface area contributed by atoms with Gasteiger partial charge in [0.05, 0.1) is 13.7 Å². The fraction of sp³-hybridized carbons (Fsp3) is 0.476. The number of rotatable bonds is 9. The number of carbonyl (C=O) groups is 3. The van der Waals surface area contributed by atoms with Gasteiger partial charge in [-0.3, -0.25) is 4.79 Å². The van der Waals surface area contributed by atoms with Crippen LogP contribution in [-0.4, -0.2) is 57.2 Å². The molecule has 9 heteroatoms. The Morgan fingerprint density at radius 3 is 2.63 bits per heavy atom. The predicted molar refractivity (Wildman–Crippen MR) is 104 cm³/mol. The van der Waals surface area contributed by atoms with E-state index in [-0.39, 0.29) is 30.8 Å². The highest BCUT2D eigenvalue weighted by Gasteiger charge is 2.37. The molecule has 0 N–H and O–H groups in total. The molecular weight excluding hydrogens is 396 g/mol. The molecule has 0 amide bonds. The highest BCUT2D eigenvalue weighted by molar-refractivity contribution is 5.92. The van der Waals surface area contributed by atoms with Crippen molar-refractivity contribution < 1.29 is 42.8 Å². The van der Waals surface area contributed by atoms with E-state index < -0.39 is 36.4 Å². The smallest absolute Gasteiger partial charge is 0.342 e. The molecule has 30 heavy (non-hydrogen) atoms. The van der Waals surface area contributed by atoms with Gasteiger partial charge in [-0.15, -0.1) is 0 Å². The van der Waals surface area contributed by atoms with Gasteiger partial charge in [-0.25, -0.2) is 9.59 Å². The Hall–Kier alpha value is -2.91. The van der Waals surface area contributed by atoms with Gasteiger partial charge < -0.3 is 28.4 Å². The van der Waals surface area contributed by atoms with Gasteiger partial charge in [0.2, 0.25) is 6.29 Å². The average Bonchev–Trinajstić information content (AvgIpc) is 2.72. The maximum absolute atomic E-state index is 12.5. The third-order valence-electron chi connectivity index (χ3n) is 4.21. The van der Waals surface area contributed by atoms with Crippen LogP contribution in [0.2, 0.25) is 0 Å². The summed E-state index contributed by atoms with van der Waals surface area (Å²) in [6, 6.07) is 4.91. The summed E-state index contributed by atoms with van der Waals surface area (Å²) in [5.74, 6) is -1.51. The van der Waals surface area contributed by atoms with Crippen molar-refractivity contribution >= 4 is 17.9 Å². The van der Waals surface area contributed by atoms with Crippen LogP contribution in [-0.2, 0) is 39.9 Å². The van der Waals surface area contributed by atoms with Gasteiger partial charge in [-0.05, 0) is 17.7 Å². The number of esters is 3. The van der Waals surface area contributed by atoms with Gasteiger partial charge in [0, 0.05) is 26.9 Å². The molecule has 0 bridgehead atoms. The minimum absolute atomic E-state index is 0.0334. The van der Waals surface area contributed by atoms with Crippen LogP contribution in [0.5, 0.6) is 5.75 Å². The third-order valence-corrected chi connectivity index (χ3v) is 4.21. The van der Waals surface area contributed by atoms with Crippen molar-refractivity contribution in [1.82, 2.24) is 0 Å². The van der Waals surface area contributed by atoms with Crippen molar-refractivity contribution in [2.24, 2.45) is 0 Å². The first kappa shape index (κ1) is 23.4. The summed E-state index contributed by atoms with van der Waals surface area (Å²) < 4.78 is 31.7. The zero-order valence-electron chi connectivity index (χ0n) is 17.3. The number of ether oxygens (including phenoxy) is 6. The Labute approximate surface area is 174 Å². The second kappa shape index (κ2) is 11.3. The largest absolute Gasteiger partial charge is 0.467 e. The second-order valence-corrected chi connectivity index (χ2v) is 6.55. The SMILES string of the molecule is C=CCOC(=O)c1cc(COC)ccc1OC1CC(OC(C)=O)CC(C(=O)OC)O1. The van der Waals surface area contributed by atoms with Crippen LogP contribution < -0.4 is 4.74 Å². The molecule has 0 saturated carbocycles. The van der Waals surface area contributed by atoms with E-state index in [0.717, 1.165) is 5.56 Å². The monoisotopic (exact) mass is 422 g/mol. The van der Waals surface area contributed by atoms with Crippen molar-refractivity contribution in [3.63, 3.8) is 0 Å². The van der Waals surface area contributed by atoms with Crippen LogP contribution >= 0.6 is 0 Å². The third kappa shape index (κ3) is 6.57. The topological polar surface area (TPSA) is 107 Å². The van der Waals surface area contributed by atoms with Crippen LogP contribution in [0.3, 0.4) is 0 Å². The first-order chi connectivity index (χ1) is 14.4. The van der Waals surface area contributed by atoms with Crippen LogP contribution in [0.4, 0.5) is 0 Å². The summed E-state index contributed by atoms with van der Waals surface area (Å²) in [5.41, 5.74) is 0.907. The molecule has 3 atom stereocenters. The Morgan fingerprint density at radius 2 is 2.00 bits per heavy atom. The van der Waals surface area contributed by atoms with E-state index in [1.54, 1.807) is 18.2 Å². The lowest BCUT2D eigenvalue weighted by molar-refractivity contribution is -0.204. The van der Waals surface area contributed by atoms with E-state index in [0.29, 0.717) is 6.61 Å². The minimum Gasteiger partial charge on any atom is -0.467 e. The molecule has 0 aromatic heterocycles. The lowest BCUT2D eigenvalue weighted by atomic mass is 10.0. The number of benzene rings is 1. The van der Waals surface area contributed by atoms with Gasteiger partial charge in [0.15, 0.2) is 6.10 Å². The summed E-state index contributed by atoms with van der Waals surface area (Å²) in [6.45, 7) is 5.12. The molecule has 1 aromatic rings. The first-order valence-electron chi connectivity index (χ1n) is 9.35. The van der Waals surface area contributed by atoms with Crippen molar-refractivity contribution in [2.45, 2.75) is 44.9 Å². The van der Waals surface area contributed by atoms with Gasteiger partial charge in [-0.2, -0.15) is 0 Å². The maximum Gasteiger partial charge on any atom is 0.342 e. The zero-order valence-corrected chi connectivity index (χ0v) is 17.3. The molecule has 1 saturated heterocycles. The summed E-state index contributed by atoms with van der Waals surface area (Å²) in [6.07, 6.45) is -0.754. The molecule has 9 nitrogen and oxygen atoms in total. The van der Waals surface area contributed by atoms with Crippen molar-refractivity contribution in [3.8, 4) is 5.75 Å². The highest BCUT2D eigenvalue weighted by atomic mass is 16.7. The van der Waals surface area contributed by atoms with E-state index in [9.17, 15) is 14.4 Å². The first-order valence-corrected chi connectivity index (χ1v) is 9.35. The fourth-order valence-corrected chi connectivity index (χ4v) is 2.98. The molecule has 0 radical (unpaired) electrons. The summed E-state index contributed by atoms with van der Waals surface area (Å²) in [5, 5.41) is 0. The van der Waals surface area contributed by atoms with Crippen LogP contribution in [0.25, 0.3) is 0 Å². The number of hydrogen-bond acceptors (Lipinski definition) is 9. The number of methoxy groups -OCH3 is 2. The Bertz CT molecular complexity index is 774. The van der Waals surface area contributed by atoms with Gasteiger partial charge >= 0.3 is 17.9 Å². The molecule has 2 rings (SSSR count). The Morgan fingerprint density at radius 1 is 1.23 bits per heavy atom. The van der Waals surface area contributed by atoms with E-state index in [1.807, 2.05) is 0 Å². The van der Waals surface area contributed by atoms with E-state index in [1.165, 1.54) is 27.2 Å². The van der Waals surface area contributed by atoms with Crippen LogP contribution in [0.15, 0.2) is 30.9 Å². The predicted octanol–water partition coefficient (Wildman–Crippen LogP) is 2.16. The van der Waals surface area contributed by atoms with Gasteiger partial charge in [0.25, 0.3) is 0 Å². The molecule has 1 aliphatic heterocycles. The van der Waals surface area contributed by atoms with Crippen LogP contribution in [0.1, 0.15) is 35.7 Å². The lowest BCUT2D eigenvalue weighted by Crippen LogP contribution is -2.44. The summed E-state index contributed by atoms with van der Waals surface area (Å²) in [7, 11) is 2.78. The normalized spacial score (nSPS) is 20.7. The van der Waals surface area contributed by atoms with Gasteiger partial charge in [0.1, 0.15) is 24.0 Å². The fourth-order valence-electron chi connectivity index (χ4n) is 2.98. The van der Waals surface area contributed by atoms with E-state index in [4.69, 9.17) is 28.4 Å². The van der Waals surface area contributed by atoms with Crippen molar-refractivity contribution in [1.29, 1.82) is 0 Å². The molecule has 1 aromatic carbocycles. The molecule has 0 aliphatic carbocycles. The number of hydrogen-bond donors (Lipinski definition) is 0. The van der Waals surface area contributed by atoms with Crippen molar-refractivity contribution in [2.75, 3.05) is 20.8 Å². The maximum atomic E-state index is 12.5. The van der Waals surface area contributed by atoms with Crippen LogP contribution in [0, 0.1) is 0 Å². The van der Waals surface area contributed by atoms with Crippen molar-refractivity contribution in [3.05, 3.63) is 42.0 Å². The Kier molecular flexibility index (Phi) is 8.82. The molecule has 1 fully saturated rings. The Balaban J connectivity index is 2.26. The molecule has 164 valence electrons. The minimum atomic E-state index is -0.970. The average molecular weight is 422 g/mol. The molecule has 0 spiro atoms. The highest BCUT2D eigenvalue weighted by Crippen LogP contribution is 2.29.